The molecule has 5 nitrogen and oxygen atoms in total. The normalized spacial score (nSPS) is 10.5. The van der Waals surface area contributed by atoms with E-state index in [2.05, 4.69) is 15.7 Å². The minimum Gasteiger partial charge on any atom is -0.495 e. The summed E-state index contributed by atoms with van der Waals surface area (Å²) in [4.78, 5) is 0. The van der Waals surface area contributed by atoms with Crippen LogP contribution in [0, 0.1) is 12.7 Å². The first-order valence-electron chi connectivity index (χ1n) is 8.13. The minimum absolute atomic E-state index is 0.365. The third kappa shape index (κ3) is 4.96. The molecule has 0 aliphatic heterocycles. The smallest absolute Gasteiger partial charge is 0.175 e. The van der Waals surface area contributed by atoms with Gasteiger partial charge in [0.1, 0.15) is 11.6 Å². The van der Waals surface area contributed by atoms with Crippen LogP contribution >= 0.6 is 23.8 Å². The Bertz CT molecular complexity index is 976. The van der Waals surface area contributed by atoms with E-state index in [4.69, 9.17) is 28.6 Å². The molecule has 1 aromatic heterocycles. The number of hydrogen-bond acceptors (Lipinski definition) is 3. The average Bonchev–Trinajstić information content (AvgIpc) is 3.04. The molecule has 0 aliphatic carbocycles. The second-order valence-electron chi connectivity index (χ2n) is 5.95. The van der Waals surface area contributed by atoms with Crippen LogP contribution in [-0.2, 0) is 6.54 Å². The minimum atomic E-state index is -0.366. The monoisotopic (exact) mass is 404 g/mol. The van der Waals surface area contributed by atoms with Crippen LogP contribution in [0.5, 0.6) is 5.75 Å². The first-order chi connectivity index (χ1) is 12.9. The van der Waals surface area contributed by atoms with E-state index in [9.17, 15) is 4.39 Å². The molecule has 27 heavy (non-hydrogen) atoms. The van der Waals surface area contributed by atoms with Crippen molar-refractivity contribution in [3.63, 3.8) is 0 Å². The molecule has 0 saturated carbocycles. The van der Waals surface area contributed by atoms with E-state index >= 15 is 0 Å². The highest BCUT2D eigenvalue weighted by Crippen LogP contribution is 2.25. The van der Waals surface area contributed by atoms with Crippen molar-refractivity contribution in [1.82, 2.24) is 9.78 Å². The zero-order valence-corrected chi connectivity index (χ0v) is 16.4. The van der Waals surface area contributed by atoms with E-state index in [0.29, 0.717) is 22.4 Å². The summed E-state index contributed by atoms with van der Waals surface area (Å²) in [6, 6.07) is 10.1. The van der Waals surface area contributed by atoms with Gasteiger partial charge < -0.3 is 15.4 Å². The molecule has 1 heterocycles. The Labute approximate surface area is 167 Å². The van der Waals surface area contributed by atoms with Gasteiger partial charge in [-0.15, -0.1) is 0 Å². The number of hydrogen-bond donors (Lipinski definition) is 2. The number of nitrogens with one attached hydrogen (secondary N) is 2. The Kier molecular flexibility index (Phi) is 5.93. The second kappa shape index (κ2) is 8.37. The molecule has 0 saturated heterocycles. The van der Waals surface area contributed by atoms with Crippen LogP contribution in [0.4, 0.5) is 15.8 Å². The SMILES string of the molecule is COc1ccc(C)cc1NC(=S)Nc1cnn(Cc2ccc(F)cc2Cl)c1. The molecule has 0 spiro atoms. The van der Waals surface area contributed by atoms with Gasteiger partial charge in [-0.1, -0.05) is 23.7 Å². The van der Waals surface area contributed by atoms with Gasteiger partial charge in [-0.3, -0.25) is 4.68 Å². The van der Waals surface area contributed by atoms with E-state index in [1.54, 1.807) is 30.3 Å². The average molecular weight is 405 g/mol. The fourth-order valence-corrected chi connectivity index (χ4v) is 3.00. The van der Waals surface area contributed by atoms with E-state index in [-0.39, 0.29) is 5.82 Å². The molecule has 8 heteroatoms. The molecule has 0 aliphatic rings. The predicted molar refractivity (Wildman–Crippen MR) is 110 cm³/mol. The number of aryl methyl sites for hydroxylation is 1. The fourth-order valence-electron chi connectivity index (χ4n) is 2.54. The number of anilines is 2. The van der Waals surface area contributed by atoms with Crippen LogP contribution in [0.25, 0.3) is 0 Å². The Morgan fingerprint density at radius 3 is 2.81 bits per heavy atom. The number of methoxy groups -OCH3 is 1. The number of nitrogens with zero attached hydrogens (tertiary/aromatic N) is 2. The van der Waals surface area contributed by atoms with Crippen molar-refractivity contribution >= 4 is 40.3 Å². The molecule has 2 aromatic carbocycles. The third-order valence-corrected chi connectivity index (χ3v) is 4.40. The molecule has 3 aromatic rings. The lowest BCUT2D eigenvalue weighted by atomic mass is 10.2. The lowest BCUT2D eigenvalue weighted by Gasteiger charge is -2.13. The number of benzene rings is 2. The Balaban J connectivity index is 1.65. The maximum atomic E-state index is 13.1. The van der Waals surface area contributed by atoms with E-state index in [1.807, 2.05) is 25.1 Å². The Hall–Kier alpha value is -2.64. The van der Waals surface area contributed by atoms with E-state index in [0.717, 1.165) is 22.5 Å². The number of thiocarbonyl (C=S) groups is 1. The molecular formula is C19H18ClFN4OS. The van der Waals surface area contributed by atoms with Crippen molar-refractivity contribution < 1.29 is 9.13 Å². The highest BCUT2D eigenvalue weighted by molar-refractivity contribution is 7.80. The molecule has 140 valence electrons. The highest BCUT2D eigenvalue weighted by Gasteiger charge is 2.08. The van der Waals surface area contributed by atoms with Crippen LogP contribution in [0.15, 0.2) is 48.8 Å². The molecule has 0 radical (unpaired) electrons. The molecular weight excluding hydrogens is 387 g/mol. The van der Waals surface area contributed by atoms with Crippen molar-refractivity contribution in [2.24, 2.45) is 0 Å². The summed E-state index contributed by atoms with van der Waals surface area (Å²) in [7, 11) is 1.61. The summed E-state index contributed by atoms with van der Waals surface area (Å²) in [5.74, 6) is 0.334. The molecule has 0 bridgehead atoms. The van der Waals surface area contributed by atoms with Gasteiger partial charge in [0.15, 0.2) is 5.11 Å². The van der Waals surface area contributed by atoms with Gasteiger partial charge in [0, 0.05) is 11.2 Å². The molecule has 0 atom stereocenters. The van der Waals surface area contributed by atoms with Crippen LogP contribution in [0.2, 0.25) is 5.02 Å². The van der Waals surface area contributed by atoms with Crippen LogP contribution in [0.3, 0.4) is 0 Å². The summed E-state index contributed by atoms with van der Waals surface area (Å²) in [6.07, 6.45) is 3.44. The Morgan fingerprint density at radius 1 is 1.26 bits per heavy atom. The van der Waals surface area contributed by atoms with Crippen molar-refractivity contribution in [2.75, 3.05) is 17.7 Å². The largest absolute Gasteiger partial charge is 0.495 e. The number of rotatable bonds is 5. The van der Waals surface area contributed by atoms with Crippen molar-refractivity contribution in [1.29, 1.82) is 0 Å². The zero-order chi connectivity index (χ0) is 19.4. The summed E-state index contributed by atoms with van der Waals surface area (Å²) in [5.41, 5.74) is 3.36. The van der Waals surface area contributed by atoms with E-state index in [1.165, 1.54) is 12.1 Å². The maximum Gasteiger partial charge on any atom is 0.175 e. The van der Waals surface area contributed by atoms with Crippen molar-refractivity contribution in [3.8, 4) is 5.75 Å². The predicted octanol–water partition coefficient (Wildman–Crippen LogP) is 4.85. The van der Waals surface area contributed by atoms with Crippen LogP contribution in [0.1, 0.15) is 11.1 Å². The van der Waals surface area contributed by atoms with Gasteiger partial charge in [0.25, 0.3) is 0 Å². The molecule has 0 amide bonds. The van der Waals surface area contributed by atoms with Gasteiger partial charge in [0.05, 0.1) is 31.2 Å². The van der Waals surface area contributed by atoms with Gasteiger partial charge in [-0.25, -0.2) is 4.39 Å². The zero-order valence-electron chi connectivity index (χ0n) is 14.8. The summed E-state index contributed by atoms with van der Waals surface area (Å²) < 4.78 is 20.2. The molecule has 0 fully saturated rings. The summed E-state index contributed by atoms with van der Waals surface area (Å²) in [6.45, 7) is 2.42. The lowest BCUT2D eigenvalue weighted by Crippen LogP contribution is -2.19. The topological polar surface area (TPSA) is 51.1 Å². The maximum absolute atomic E-state index is 13.1. The molecule has 3 rings (SSSR count). The van der Waals surface area contributed by atoms with Gasteiger partial charge in [-0.05, 0) is 54.5 Å². The number of ether oxygens (including phenoxy) is 1. The number of halogens is 2. The standard InChI is InChI=1S/C19H18ClFN4OS/c1-12-3-6-18(26-2)17(7-12)24-19(27)23-15-9-22-25(11-15)10-13-4-5-14(21)8-16(13)20/h3-9,11H,10H2,1-2H3,(H2,23,24,27). The van der Waals surface area contributed by atoms with Gasteiger partial charge in [-0.2, -0.15) is 5.10 Å². The fraction of sp³-hybridized carbons (Fsp3) is 0.158. The summed E-state index contributed by atoms with van der Waals surface area (Å²) >= 11 is 11.4. The van der Waals surface area contributed by atoms with Gasteiger partial charge >= 0.3 is 0 Å². The second-order valence-corrected chi connectivity index (χ2v) is 6.76. The van der Waals surface area contributed by atoms with Crippen LogP contribution in [-0.4, -0.2) is 22.0 Å². The Morgan fingerprint density at radius 2 is 2.07 bits per heavy atom. The number of aromatic nitrogens is 2. The summed E-state index contributed by atoms with van der Waals surface area (Å²) in [5, 5.41) is 11.3. The van der Waals surface area contributed by atoms with E-state index < -0.39 is 0 Å². The molecule has 2 N–H and O–H groups in total. The lowest BCUT2D eigenvalue weighted by molar-refractivity contribution is 0.417. The highest BCUT2D eigenvalue weighted by atomic mass is 35.5. The first kappa shape index (κ1) is 19.1. The van der Waals surface area contributed by atoms with Crippen LogP contribution < -0.4 is 15.4 Å². The van der Waals surface area contributed by atoms with Crippen molar-refractivity contribution in [2.45, 2.75) is 13.5 Å². The quantitative estimate of drug-likeness (QED) is 0.595. The first-order valence-corrected chi connectivity index (χ1v) is 8.92. The van der Waals surface area contributed by atoms with Crippen molar-refractivity contribution in [3.05, 3.63) is 70.8 Å². The third-order valence-electron chi connectivity index (χ3n) is 3.84. The molecule has 0 unspecified atom stereocenters. The van der Waals surface area contributed by atoms with Gasteiger partial charge in [0.2, 0.25) is 0 Å².